The van der Waals surface area contributed by atoms with E-state index in [2.05, 4.69) is 26.0 Å². The van der Waals surface area contributed by atoms with Crippen LogP contribution in [0.15, 0.2) is 30.3 Å². The summed E-state index contributed by atoms with van der Waals surface area (Å²) in [7, 11) is 0. The smallest absolute Gasteiger partial charge is 0.0580 e. The Morgan fingerprint density at radius 3 is 2.33 bits per heavy atom. The summed E-state index contributed by atoms with van der Waals surface area (Å²) in [6, 6.07) is 10.2. The number of aliphatic hydroxyl groups is 1. The maximum absolute atomic E-state index is 9.82. The van der Waals surface area contributed by atoms with Crippen LogP contribution in [0, 0.1) is 5.92 Å². The van der Waals surface area contributed by atoms with Crippen molar-refractivity contribution in [2.45, 2.75) is 45.6 Å². The Morgan fingerprint density at radius 1 is 1.07 bits per heavy atom. The summed E-state index contributed by atoms with van der Waals surface area (Å²) < 4.78 is 0. The molecule has 1 unspecified atom stereocenters. The van der Waals surface area contributed by atoms with Gasteiger partial charge in [-0.1, -0.05) is 57.0 Å². The predicted molar refractivity (Wildman–Crippen MR) is 64.8 cm³/mol. The molecular formula is C14H22O. The van der Waals surface area contributed by atoms with Crippen LogP contribution in [0.5, 0.6) is 0 Å². The van der Waals surface area contributed by atoms with Crippen LogP contribution in [0.2, 0.25) is 0 Å². The molecule has 0 bridgehead atoms. The molecule has 1 nitrogen and oxygen atoms in total. The molecule has 84 valence electrons. The molecule has 0 aliphatic heterocycles. The lowest BCUT2D eigenvalue weighted by molar-refractivity contribution is 0.159. The number of aliphatic hydroxyl groups excluding tert-OH is 1. The molecule has 0 saturated heterocycles. The molecule has 1 heteroatoms. The van der Waals surface area contributed by atoms with E-state index in [0.29, 0.717) is 0 Å². The number of rotatable bonds is 6. The Labute approximate surface area is 93.1 Å². The zero-order chi connectivity index (χ0) is 11.1. The predicted octanol–water partition coefficient (Wildman–Crippen LogP) is 3.42. The molecule has 0 aliphatic rings. The van der Waals surface area contributed by atoms with E-state index in [-0.39, 0.29) is 6.10 Å². The molecule has 1 atom stereocenters. The van der Waals surface area contributed by atoms with Crippen molar-refractivity contribution in [1.29, 1.82) is 0 Å². The van der Waals surface area contributed by atoms with Crippen molar-refractivity contribution in [3.63, 3.8) is 0 Å². The zero-order valence-corrected chi connectivity index (χ0v) is 9.82. The highest BCUT2D eigenvalue weighted by Gasteiger charge is 2.05. The Balaban J connectivity index is 2.21. The Morgan fingerprint density at radius 2 is 1.73 bits per heavy atom. The molecule has 0 radical (unpaired) electrons. The van der Waals surface area contributed by atoms with E-state index in [1.54, 1.807) is 0 Å². The van der Waals surface area contributed by atoms with E-state index in [9.17, 15) is 5.11 Å². The molecule has 0 saturated carbocycles. The summed E-state index contributed by atoms with van der Waals surface area (Å²) in [5.41, 5.74) is 1.23. The molecule has 15 heavy (non-hydrogen) atoms. The van der Waals surface area contributed by atoms with Crippen molar-refractivity contribution in [1.82, 2.24) is 0 Å². The summed E-state index contributed by atoms with van der Waals surface area (Å²) in [4.78, 5) is 0. The maximum atomic E-state index is 9.82. The van der Waals surface area contributed by atoms with Gasteiger partial charge in [-0.3, -0.25) is 0 Å². The van der Waals surface area contributed by atoms with E-state index >= 15 is 0 Å². The van der Waals surface area contributed by atoms with Gasteiger partial charge in [-0.15, -0.1) is 0 Å². The van der Waals surface area contributed by atoms with Crippen molar-refractivity contribution in [2.24, 2.45) is 5.92 Å². The second-order valence-electron chi connectivity index (χ2n) is 4.67. The molecular weight excluding hydrogens is 184 g/mol. The molecule has 0 aromatic heterocycles. The van der Waals surface area contributed by atoms with E-state index in [1.807, 2.05) is 18.2 Å². The van der Waals surface area contributed by atoms with E-state index < -0.39 is 0 Å². The van der Waals surface area contributed by atoms with Crippen LogP contribution in [-0.2, 0) is 6.42 Å². The van der Waals surface area contributed by atoms with E-state index in [0.717, 1.165) is 25.2 Å². The second-order valence-corrected chi connectivity index (χ2v) is 4.67. The summed E-state index contributed by atoms with van der Waals surface area (Å²) in [5.74, 6) is 0.744. The molecule has 0 spiro atoms. The van der Waals surface area contributed by atoms with Crippen LogP contribution >= 0.6 is 0 Å². The van der Waals surface area contributed by atoms with E-state index in [1.165, 1.54) is 12.0 Å². The lowest BCUT2D eigenvalue weighted by Crippen LogP contribution is -2.10. The molecule has 0 aliphatic carbocycles. The van der Waals surface area contributed by atoms with Crippen LogP contribution in [-0.4, -0.2) is 11.2 Å². The fourth-order valence-corrected chi connectivity index (χ4v) is 1.75. The topological polar surface area (TPSA) is 20.2 Å². The fourth-order valence-electron chi connectivity index (χ4n) is 1.75. The highest BCUT2D eigenvalue weighted by Crippen LogP contribution is 2.11. The van der Waals surface area contributed by atoms with Gasteiger partial charge in [0.15, 0.2) is 0 Å². The van der Waals surface area contributed by atoms with Gasteiger partial charge in [-0.25, -0.2) is 0 Å². The first-order valence-electron chi connectivity index (χ1n) is 5.90. The summed E-state index contributed by atoms with van der Waals surface area (Å²) in [6.45, 7) is 4.45. The largest absolute Gasteiger partial charge is 0.393 e. The van der Waals surface area contributed by atoms with Gasteiger partial charge in [0.25, 0.3) is 0 Å². The lowest BCUT2D eigenvalue weighted by Gasteiger charge is -2.11. The van der Waals surface area contributed by atoms with Crippen LogP contribution < -0.4 is 0 Å². The van der Waals surface area contributed by atoms with E-state index in [4.69, 9.17) is 0 Å². The molecule has 1 rings (SSSR count). The summed E-state index contributed by atoms with van der Waals surface area (Å²) in [6.07, 6.45) is 3.88. The van der Waals surface area contributed by atoms with Crippen LogP contribution in [0.25, 0.3) is 0 Å². The maximum Gasteiger partial charge on any atom is 0.0580 e. The lowest BCUT2D eigenvalue weighted by atomic mass is 10.0. The average molecular weight is 206 g/mol. The van der Waals surface area contributed by atoms with Gasteiger partial charge >= 0.3 is 0 Å². The second kappa shape index (κ2) is 6.62. The Bertz CT molecular complexity index is 253. The van der Waals surface area contributed by atoms with Crippen molar-refractivity contribution >= 4 is 0 Å². The summed E-state index contributed by atoms with van der Waals surface area (Å²) in [5, 5.41) is 9.82. The molecule has 1 aromatic carbocycles. The Kier molecular flexibility index (Phi) is 5.41. The average Bonchev–Trinajstić information content (AvgIpc) is 2.18. The number of hydrogen-bond acceptors (Lipinski definition) is 1. The van der Waals surface area contributed by atoms with Crippen LogP contribution in [0.3, 0.4) is 0 Å². The standard InChI is InChI=1S/C14H22O/c1-12(2)7-6-10-14(15)11-13-8-4-3-5-9-13/h3-5,8-9,12,14-15H,6-7,10-11H2,1-2H3. The van der Waals surface area contributed by atoms with Gasteiger partial charge in [-0.05, 0) is 24.3 Å². The number of hydrogen-bond donors (Lipinski definition) is 1. The monoisotopic (exact) mass is 206 g/mol. The van der Waals surface area contributed by atoms with Crippen LogP contribution in [0.1, 0.15) is 38.7 Å². The quantitative estimate of drug-likeness (QED) is 0.756. The zero-order valence-electron chi connectivity index (χ0n) is 9.82. The molecule has 1 aromatic rings. The fraction of sp³-hybridized carbons (Fsp3) is 0.571. The van der Waals surface area contributed by atoms with Crippen molar-refractivity contribution in [2.75, 3.05) is 0 Å². The number of benzene rings is 1. The van der Waals surface area contributed by atoms with Gasteiger partial charge in [0.2, 0.25) is 0 Å². The van der Waals surface area contributed by atoms with Crippen molar-refractivity contribution in [3.8, 4) is 0 Å². The molecule has 0 heterocycles. The first-order valence-corrected chi connectivity index (χ1v) is 5.90. The SMILES string of the molecule is CC(C)CCCC(O)Cc1ccccc1. The molecule has 0 amide bonds. The highest BCUT2D eigenvalue weighted by atomic mass is 16.3. The third-order valence-corrected chi connectivity index (χ3v) is 2.63. The van der Waals surface area contributed by atoms with Gasteiger partial charge in [0.1, 0.15) is 0 Å². The highest BCUT2D eigenvalue weighted by molar-refractivity contribution is 5.15. The first-order chi connectivity index (χ1) is 7.18. The van der Waals surface area contributed by atoms with Gasteiger partial charge in [-0.2, -0.15) is 0 Å². The van der Waals surface area contributed by atoms with Crippen molar-refractivity contribution in [3.05, 3.63) is 35.9 Å². The molecule has 0 fully saturated rings. The minimum absolute atomic E-state index is 0.175. The molecule has 1 N–H and O–H groups in total. The normalized spacial score (nSPS) is 13.1. The Hall–Kier alpha value is -0.820. The third kappa shape index (κ3) is 5.58. The van der Waals surface area contributed by atoms with Crippen LogP contribution in [0.4, 0.5) is 0 Å². The van der Waals surface area contributed by atoms with Gasteiger partial charge < -0.3 is 5.11 Å². The third-order valence-electron chi connectivity index (χ3n) is 2.63. The van der Waals surface area contributed by atoms with Gasteiger partial charge in [0, 0.05) is 0 Å². The minimum Gasteiger partial charge on any atom is -0.393 e. The summed E-state index contributed by atoms with van der Waals surface area (Å²) >= 11 is 0. The first kappa shape index (κ1) is 12.3. The van der Waals surface area contributed by atoms with Crippen molar-refractivity contribution < 1.29 is 5.11 Å². The van der Waals surface area contributed by atoms with Gasteiger partial charge in [0.05, 0.1) is 6.10 Å². The minimum atomic E-state index is -0.175.